The van der Waals surface area contributed by atoms with Crippen LogP contribution in [0.1, 0.15) is 29.8 Å². The van der Waals surface area contributed by atoms with Crippen molar-refractivity contribution in [3.8, 4) is 11.9 Å². The van der Waals surface area contributed by atoms with Crippen LogP contribution in [0.3, 0.4) is 0 Å². The number of nitrogens with zero attached hydrogens (tertiary/aromatic N) is 3. The highest BCUT2D eigenvalue weighted by atomic mass is 35.5. The van der Waals surface area contributed by atoms with Crippen molar-refractivity contribution >= 4 is 29.0 Å². The molecule has 28 heavy (non-hydrogen) atoms. The van der Waals surface area contributed by atoms with Crippen molar-refractivity contribution in [2.45, 2.75) is 26.6 Å². The van der Waals surface area contributed by atoms with Crippen molar-refractivity contribution in [1.82, 2.24) is 9.97 Å². The zero-order valence-electron chi connectivity index (χ0n) is 15.1. The van der Waals surface area contributed by atoms with Crippen molar-refractivity contribution in [3.05, 3.63) is 40.3 Å². The molecule has 0 radical (unpaired) electrons. The van der Waals surface area contributed by atoms with E-state index in [1.54, 1.807) is 13.8 Å². The number of nitrogens with one attached hydrogen (secondary N) is 2. The van der Waals surface area contributed by atoms with Gasteiger partial charge in [-0.15, -0.1) is 0 Å². The number of alkyl halides is 2. The zero-order valence-corrected chi connectivity index (χ0v) is 15.8. The van der Waals surface area contributed by atoms with Crippen LogP contribution in [0, 0.1) is 18.3 Å². The second-order valence-corrected chi connectivity index (χ2v) is 5.91. The first kappa shape index (κ1) is 21.3. The summed E-state index contributed by atoms with van der Waals surface area (Å²) in [6, 6.07) is 2.58. The molecule has 2 aromatic rings. The Morgan fingerprint density at radius 3 is 2.61 bits per heavy atom. The number of urea groups is 1. The summed E-state index contributed by atoms with van der Waals surface area (Å²) in [5.74, 6) is -0.458. The maximum atomic E-state index is 12.3. The number of halogens is 3. The molecule has 8 nitrogen and oxygen atoms in total. The smallest absolute Gasteiger partial charge is 0.388 e. The van der Waals surface area contributed by atoms with Crippen LogP contribution in [0.5, 0.6) is 5.88 Å². The molecule has 0 aliphatic rings. The van der Waals surface area contributed by atoms with Crippen LogP contribution >= 0.6 is 11.6 Å². The second kappa shape index (κ2) is 9.25. The highest BCUT2D eigenvalue weighted by molar-refractivity contribution is 6.32. The molecular weight excluding hydrogens is 396 g/mol. The Hall–Kier alpha value is -3.03. The second-order valence-electron chi connectivity index (χ2n) is 5.50. The molecule has 2 amide bonds. The lowest BCUT2D eigenvalue weighted by atomic mass is 10.0. The van der Waals surface area contributed by atoms with E-state index in [0.717, 1.165) is 6.20 Å². The van der Waals surface area contributed by atoms with Gasteiger partial charge in [0.1, 0.15) is 11.1 Å². The van der Waals surface area contributed by atoms with Crippen LogP contribution in [-0.4, -0.2) is 29.7 Å². The third kappa shape index (κ3) is 5.03. The molecule has 0 aliphatic carbocycles. The van der Waals surface area contributed by atoms with E-state index in [4.69, 9.17) is 16.3 Å². The first-order valence-electron chi connectivity index (χ1n) is 7.87. The Balaban J connectivity index is 2.22. The number of hydrogen-bond acceptors (Lipinski definition) is 6. The van der Waals surface area contributed by atoms with Gasteiger partial charge in [0.2, 0.25) is 5.88 Å². The molecule has 0 fully saturated rings. The first-order valence-corrected chi connectivity index (χ1v) is 8.25. The Morgan fingerprint density at radius 2 is 2.04 bits per heavy atom. The van der Waals surface area contributed by atoms with Gasteiger partial charge in [0.05, 0.1) is 41.1 Å². The lowest BCUT2D eigenvalue weighted by molar-refractivity contribution is -0.0527. The molecule has 1 atom stereocenters. The van der Waals surface area contributed by atoms with E-state index in [1.165, 1.54) is 19.4 Å². The fraction of sp³-hybridized carbons (Fsp3) is 0.294. The van der Waals surface area contributed by atoms with Crippen LogP contribution in [0.2, 0.25) is 5.02 Å². The summed E-state index contributed by atoms with van der Waals surface area (Å²) in [7, 11) is 1.47. The standard InChI is InChI=1S/C17H16ClF2N5O3/c1-8-11(5-21)14(9(2)27-3)13(7-22-8)25-17(26)24-10-4-12(18)15(23-6-10)28-16(19)20/h4,6-7,9,16H,1-3H3,(H2,24,25,26)/t9-/m0/s1. The number of pyridine rings is 2. The molecule has 2 heterocycles. The van der Waals surface area contributed by atoms with Crippen molar-refractivity contribution in [2.24, 2.45) is 0 Å². The van der Waals surface area contributed by atoms with E-state index < -0.39 is 24.6 Å². The van der Waals surface area contributed by atoms with E-state index in [1.807, 2.05) is 0 Å². The number of rotatable bonds is 6. The predicted molar refractivity (Wildman–Crippen MR) is 97.6 cm³/mol. The number of aryl methyl sites for hydroxylation is 1. The van der Waals surface area contributed by atoms with E-state index in [2.05, 4.69) is 31.4 Å². The monoisotopic (exact) mass is 411 g/mol. The van der Waals surface area contributed by atoms with Gasteiger partial charge in [-0.2, -0.15) is 14.0 Å². The number of aromatic nitrogens is 2. The molecule has 11 heteroatoms. The fourth-order valence-corrected chi connectivity index (χ4v) is 2.57. The molecular formula is C17H16ClF2N5O3. The summed E-state index contributed by atoms with van der Waals surface area (Å²) in [5.41, 5.74) is 1.70. The third-order valence-electron chi connectivity index (χ3n) is 3.69. The maximum Gasteiger partial charge on any atom is 0.388 e. The number of hydrogen-bond donors (Lipinski definition) is 2. The number of carbonyl (C=O) groups excluding carboxylic acids is 1. The minimum atomic E-state index is -3.07. The van der Waals surface area contributed by atoms with Crippen LogP contribution < -0.4 is 15.4 Å². The highest BCUT2D eigenvalue weighted by Gasteiger charge is 2.20. The van der Waals surface area contributed by atoms with Crippen LogP contribution in [0.15, 0.2) is 18.5 Å². The van der Waals surface area contributed by atoms with Crippen molar-refractivity contribution in [1.29, 1.82) is 5.26 Å². The summed E-state index contributed by atoms with van der Waals surface area (Å²) in [6.07, 6.45) is 2.04. The summed E-state index contributed by atoms with van der Waals surface area (Å²) < 4.78 is 33.9. The Labute approximate surface area is 164 Å². The third-order valence-corrected chi connectivity index (χ3v) is 3.97. The van der Waals surface area contributed by atoms with Crippen molar-refractivity contribution < 1.29 is 23.0 Å². The molecule has 0 spiro atoms. The van der Waals surface area contributed by atoms with Gasteiger partial charge in [0, 0.05) is 12.7 Å². The molecule has 0 saturated carbocycles. The molecule has 2 aromatic heterocycles. The van der Waals surface area contributed by atoms with E-state index in [9.17, 15) is 18.8 Å². The maximum absolute atomic E-state index is 12.3. The molecule has 0 unspecified atom stereocenters. The van der Waals surface area contributed by atoms with Crippen LogP contribution in [-0.2, 0) is 4.74 Å². The molecule has 0 aromatic carbocycles. The molecule has 0 saturated heterocycles. The molecule has 0 aliphatic heterocycles. The normalized spacial score (nSPS) is 11.6. The lowest BCUT2D eigenvalue weighted by Crippen LogP contribution is -2.22. The van der Waals surface area contributed by atoms with Crippen LogP contribution in [0.25, 0.3) is 0 Å². The van der Waals surface area contributed by atoms with Gasteiger partial charge >= 0.3 is 12.6 Å². The van der Waals surface area contributed by atoms with Crippen molar-refractivity contribution in [3.63, 3.8) is 0 Å². The minimum Gasteiger partial charge on any atom is -0.415 e. The number of nitriles is 1. The summed E-state index contributed by atoms with van der Waals surface area (Å²) in [5, 5.41) is 14.2. The largest absolute Gasteiger partial charge is 0.415 e. The van der Waals surface area contributed by atoms with E-state index in [0.29, 0.717) is 16.8 Å². The SMILES string of the molecule is CO[C@@H](C)c1c(NC(=O)Nc2cnc(OC(F)F)c(Cl)c2)cnc(C)c1C#N. The number of anilines is 2. The quantitative estimate of drug-likeness (QED) is 0.734. The topological polar surface area (TPSA) is 109 Å². The number of carbonyl (C=O) groups is 1. The summed E-state index contributed by atoms with van der Waals surface area (Å²) >= 11 is 5.80. The Kier molecular flexibility index (Phi) is 7.03. The van der Waals surface area contributed by atoms with Crippen molar-refractivity contribution in [2.75, 3.05) is 17.7 Å². The van der Waals surface area contributed by atoms with Gasteiger partial charge in [0.15, 0.2) is 0 Å². The number of ether oxygens (including phenoxy) is 2. The average molecular weight is 412 g/mol. The van der Waals surface area contributed by atoms with Gasteiger partial charge in [-0.1, -0.05) is 11.6 Å². The van der Waals surface area contributed by atoms with Gasteiger partial charge in [-0.05, 0) is 19.9 Å². The number of methoxy groups -OCH3 is 1. The van der Waals surface area contributed by atoms with Gasteiger partial charge < -0.3 is 20.1 Å². The zero-order chi connectivity index (χ0) is 20.8. The van der Waals surface area contributed by atoms with E-state index in [-0.39, 0.29) is 16.4 Å². The molecule has 2 rings (SSSR count). The van der Waals surface area contributed by atoms with Gasteiger partial charge in [-0.3, -0.25) is 4.98 Å². The lowest BCUT2D eigenvalue weighted by Gasteiger charge is -2.18. The highest BCUT2D eigenvalue weighted by Crippen LogP contribution is 2.30. The Morgan fingerprint density at radius 1 is 1.32 bits per heavy atom. The van der Waals surface area contributed by atoms with E-state index >= 15 is 0 Å². The Bertz CT molecular complexity index is 920. The number of amides is 2. The predicted octanol–water partition coefficient (Wildman–Crippen LogP) is 4.26. The van der Waals surface area contributed by atoms with Gasteiger partial charge in [0.25, 0.3) is 0 Å². The van der Waals surface area contributed by atoms with Gasteiger partial charge in [-0.25, -0.2) is 9.78 Å². The minimum absolute atomic E-state index is 0.144. The molecule has 2 N–H and O–H groups in total. The first-order chi connectivity index (χ1) is 13.3. The van der Waals surface area contributed by atoms with Crippen LogP contribution in [0.4, 0.5) is 25.0 Å². The summed E-state index contributed by atoms with van der Waals surface area (Å²) in [6.45, 7) is 0.325. The molecule has 148 valence electrons. The summed E-state index contributed by atoms with van der Waals surface area (Å²) in [4.78, 5) is 20.0. The fourth-order valence-electron chi connectivity index (χ4n) is 2.36. The molecule has 0 bridgehead atoms. The average Bonchev–Trinajstić information content (AvgIpc) is 2.64.